The maximum Gasteiger partial charge on any atom is 1.00 e. The van der Waals surface area contributed by atoms with E-state index in [9.17, 15) is 4.79 Å². The van der Waals surface area contributed by atoms with Crippen LogP contribution >= 0.6 is 0 Å². The van der Waals surface area contributed by atoms with Crippen LogP contribution < -0.4 is 51.4 Å². The molecule has 0 spiro atoms. The number of hydrogen-bond acceptors (Lipinski definition) is 2. The minimum atomic E-state index is -1.38. The van der Waals surface area contributed by atoms with Crippen LogP contribution in [0.4, 0.5) is 0 Å². The summed E-state index contributed by atoms with van der Waals surface area (Å²) in [6, 6.07) is -1.38. The van der Waals surface area contributed by atoms with E-state index in [0.29, 0.717) is 0 Å². The monoisotopic (exact) mass is 143 g/mol. The van der Waals surface area contributed by atoms with E-state index < -0.39 is 18.6 Å². The Morgan fingerprint density at radius 2 is 2.12 bits per heavy atom. The third kappa shape index (κ3) is 5.17. The summed E-state index contributed by atoms with van der Waals surface area (Å²) in [4.78, 5) is 9.58. The third-order valence-electron chi connectivity index (χ3n) is 0.481. The quantitative estimate of drug-likeness (QED) is 0.393. The first-order valence-corrected chi connectivity index (χ1v) is 1.73. The number of hydrogen-bond donors (Lipinski definition) is 2. The Bertz CT molecular complexity index is 76.9. The Morgan fingerprint density at radius 1 is 1.75 bits per heavy atom. The van der Waals surface area contributed by atoms with Gasteiger partial charge in [-0.2, -0.15) is 0 Å². The molecule has 0 amide bonds. The van der Waals surface area contributed by atoms with Crippen molar-refractivity contribution < 1.29 is 66.4 Å². The second-order valence-electron chi connectivity index (χ2n) is 1.07. The van der Waals surface area contributed by atoms with Gasteiger partial charge < -0.3 is 15.9 Å². The van der Waals surface area contributed by atoms with Crippen LogP contribution in [0, 0.1) is 0 Å². The van der Waals surface area contributed by atoms with Gasteiger partial charge >= 0.3 is 51.4 Å². The number of nitrogens with one attached hydrogen (secondary N) is 1. The van der Waals surface area contributed by atoms with Crippen LogP contribution in [-0.2, 0) is 4.79 Å². The Morgan fingerprint density at radius 3 is 2.12 bits per heavy atom. The van der Waals surface area contributed by atoms with Gasteiger partial charge in [0, 0.05) is 6.61 Å². The zero-order chi connectivity index (χ0) is 5.86. The zero-order valence-corrected chi connectivity index (χ0v) is 7.71. The van der Waals surface area contributed by atoms with Gasteiger partial charge in [0.1, 0.15) is 0 Å². The summed E-state index contributed by atoms with van der Waals surface area (Å²) in [5.41, 5.74) is 6.43. The Balaban J connectivity index is 0. The molecule has 0 aromatic heterocycles. The molecule has 0 rings (SSSR count). The molecular formula is C3H6KNO3. The molecule has 0 radical (unpaired) electrons. The summed E-state index contributed by atoms with van der Waals surface area (Å²) in [6.45, 7) is -0.616. The topological polar surface area (TPSA) is 81.3 Å². The minimum absolute atomic E-state index is 0. The van der Waals surface area contributed by atoms with Crippen molar-refractivity contribution in [2.75, 3.05) is 6.61 Å². The predicted molar refractivity (Wildman–Crippen MR) is 22.8 cm³/mol. The van der Waals surface area contributed by atoms with Gasteiger partial charge in [0.15, 0.2) is 0 Å². The maximum absolute atomic E-state index is 9.58. The van der Waals surface area contributed by atoms with E-state index in [2.05, 4.69) is 0 Å². The van der Waals surface area contributed by atoms with E-state index >= 15 is 0 Å². The Hall–Kier alpha value is 1.03. The summed E-state index contributed by atoms with van der Waals surface area (Å²) in [5.74, 6) is -1.29. The molecule has 3 N–H and O–H groups in total. The first-order valence-electron chi connectivity index (χ1n) is 1.73. The summed E-state index contributed by atoms with van der Waals surface area (Å²) >= 11 is 0. The SMILES string of the molecule is [K+].[NH-]C(CO)C(=O)O. The summed E-state index contributed by atoms with van der Waals surface area (Å²) in [5, 5.41) is 15.8. The van der Waals surface area contributed by atoms with Crippen molar-refractivity contribution in [1.29, 1.82) is 0 Å². The molecule has 0 saturated carbocycles. The summed E-state index contributed by atoms with van der Waals surface area (Å²) < 4.78 is 0. The molecular weight excluding hydrogens is 137 g/mol. The van der Waals surface area contributed by atoms with E-state index in [1.165, 1.54) is 0 Å². The molecule has 0 aliphatic carbocycles. The van der Waals surface area contributed by atoms with Gasteiger partial charge in [-0.15, -0.1) is 0 Å². The van der Waals surface area contributed by atoms with Crippen LogP contribution in [0.2, 0.25) is 0 Å². The number of aliphatic carboxylic acids is 1. The molecule has 0 aliphatic heterocycles. The largest absolute Gasteiger partial charge is 1.00 e. The molecule has 5 heteroatoms. The van der Waals surface area contributed by atoms with Crippen LogP contribution in [-0.4, -0.2) is 28.8 Å². The number of carboxylic acids is 1. The van der Waals surface area contributed by atoms with Crippen molar-refractivity contribution in [3.8, 4) is 0 Å². The molecule has 0 fully saturated rings. The van der Waals surface area contributed by atoms with Gasteiger partial charge in [0.2, 0.25) is 0 Å². The third-order valence-corrected chi connectivity index (χ3v) is 0.481. The Labute approximate surface area is 89.5 Å². The van der Waals surface area contributed by atoms with Crippen molar-refractivity contribution in [2.45, 2.75) is 6.04 Å². The van der Waals surface area contributed by atoms with E-state index in [4.69, 9.17) is 15.9 Å². The van der Waals surface area contributed by atoms with Crippen molar-refractivity contribution in [1.82, 2.24) is 0 Å². The van der Waals surface area contributed by atoms with Gasteiger partial charge in [-0.05, 0) is 6.04 Å². The number of aliphatic hydroxyl groups is 1. The molecule has 0 aromatic carbocycles. The smallest absolute Gasteiger partial charge is 0.663 e. The molecule has 42 valence electrons. The summed E-state index contributed by atoms with van der Waals surface area (Å²) in [7, 11) is 0. The minimum Gasteiger partial charge on any atom is -0.663 e. The second kappa shape index (κ2) is 6.15. The van der Waals surface area contributed by atoms with Gasteiger partial charge in [-0.25, -0.2) is 0 Å². The van der Waals surface area contributed by atoms with E-state index in [-0.39, 0.29) is 51.4 Å². The zero-order valence-electron chi connectivity index (χ0n) is 4.59. The summed E-state index contributed by atoms with van der Waals surface area (Å²) in [6.07, 6.45) is 0. The number of carboxylic acid groups (broad SMARTS) is 1. The average molecular weight is 143 g/mol. The number of carbonyl (C=O) groups is 1. The van der Waals surface area contributed by atoms with Crippen LogP contribution in [0.5, 0.6) is 0 Å². The molecule has 0 bridgehead atoms. The van der Waals surface area contributed by atoms with Crippen LogP contribution in [0.1, 0.15) is 0 Å². The normalized spacial score (nSPS) is 11.8. The second-order valence-corrected chi connectivity index (χ2v) is 1.07. The molecule has 0 heterocycles. The molecule has 1 atom stereocenters. The van der Waals surface area contributed by atoms with E-state index in [1.807, 2.05) is 0 Å². The Kier molecular flexibility index (Phi) is 9.06. The van der Waals surface area contributed by atoms with Crippen LogP contribution in [0.15, 0.2) is 0 Å². The molecule has 0 aromatic rings. The van der Waals surface area contributed by atoms with Gasteiger partial charge in [0.05, 0.1) is 0 Å². The van der Waals surface area contributed by atoms with Gasteiger partial charge in [-0.1, -0.05) is 0 Å². The first-order chi connectivity index (χ1) is 3.18. The fourth-order valence-corrected chi connectivity index (χ4v) is 0.0781. The fraction of sp³-hybridized carbons (Fsp3) is 0.667. The van der Waals surface area contributed by atoms with E-state index in [0.717, 1.165) is 0 Å². The van der Waals surface area contributed by atoms with Crippen molar-refractivity contribution in [3.63, 3.8) is 0 Å². The molecule has 1 unspecified atom stereocenters. The van der Waals surface area contributed by atoms with Crippen LogP contribution in [0.3, 0.4) is 0 Å². The van der Waals surface area contributed by atoms with Crippen molar-refractivity contribution >= 4 is 5.97 Å². The maximum atomic E-state index is 9.58. The average Bonchev–Trinajstić information content (AvgIpc) is 1.65. The fourth-order valence-electron chi connectivity index (χ4n) is 0.0781. The molecule has 4 nitrogen and oxygen atoms in total. The first kappa shape index (κ1) is 11.8. The molecule has 0 aliphatic rings. The predicted octanol–water partition coefficient (Wildman–Crippen LogP) is -3.51. The van der Waals surface area contributed by atoms with E-state index in [1.54, 1.807) is 0 Å². The standard InChI is InChI=1S/C3H6NO3.K/c4-2(1-5)3(6)7;/h2,4-5H,1H2,(H,6,7);/q-1;+1. The van der Waals surface area contributed by atoms with Crippen molar-refractivity contribution in [2.24, 2.45) is 0 Å². The number of rotatable bonds is 2. The molecule has 8 heavy (non-hydrogen) atoms. The van der Waals surface area contributed by atoms with Crippen molar-refractivity contribution in [3.05, 3.63) is 5.73 Å². The van der Waals surface area contributed by atoms with Gasteiger partial charge in [-0.3, -0.25) is 4.79 Å². The van der Waals surface area contributed by atoms with Crippen LogP contribution in [0.25, 0.3) is 5.73 Å². The number of aliphatic hydroxyl groups excluding tert-OH is 1. The molecule has 0 saturated heterocycles. The van der Waals surface area contributed by atoms with Gasteiger partial charge in [0.25, 0.3) is 5.97 Å².